The van der Waals surface area contributed by atoms with Crippen LogP contribution in [0.3, 0.4) is 0 Å². The van der Waals surface area contributed by atoms with Crippen LogP contribution >= 0.6 is 0 Å². The maximum absolute atomic E-state index is 12.9. The highest BCUT2D eigenvalue weighted by molar-refractivity contribution is 6.09. The van der Waals surface area contributed by atoms with Crippen molar-refractivity contribution in [2.75, 3.05) is 25.0 Å². The van der Waals surface area contributed by atoms with Crippen molar-refractivity contribution in [3.05, 3.63) is 88.7 Å². The highest BCUT2D eigenvalue weighted by Gasteiger charge is 2.65. The van der Waals surface area contributed by atoms with Crippen LogP contribution in [0.15, 0.2) is 71.8 Å². The maximum atomic E-state index is 12.9. The van der Waals surface area contributed by atoms with Crippen molar-refractivity contribution in [1.29, 1.82) is 0 Å². The lowest BCUT2D eigenvalue weighted by Gasteiger charge is -2.35. The molecule has 1 spiro atoms. The predicted octanol–water partition coefficient (Wildman–Crippen LogP) is 5.96. The molecule has 2 aliphatic heterocycles. The molecule has 2 N–H and O–H groups in total. The number of aromatic amines is 1. The zero-order chi connectivity index (χ0) is 26.4. The molecule has 0 bridgehead atoms. The number of rotatable bonds is 6. The Morgan fingerprint density at radius 3 is 2.74 bits per heavy atom. The number of hydrogen-bond donors (Lipinski definition) is 2. The highest BCUT2D eigenvalue weighted by atomic mass is 16.5. The lowest BCUT2D eigenvalue weighted by Crippen LogP contribution is -2.45. The Balaban J connectivity index is 1.13. The minimum atomic E-state index is -0.418. The van der Waals surface area contributed by atoms with E-state index < -0.39 is 5.41 Å². The SMILES string of the molecule is CC(/C=C/c1n[nH]c2cc([C@@H]3C[C@@]34C(=O)Nc3ccccc34)ccc12)=C\C=C(/C)CN1C[C@@H](C)O[C@@H](C)C1. The molecule has 3 heterocycles. The number of para-hydroxylation sites is 1. The predicted molar refractivity (Wildman–Crippen MR) is 153 cm³/mol. The number of aromatic nitrogens is 2. The second kappa shape index (κ2) is 9.68. The van der Waals surface area contributed by atoms with Gasteiger partial charge in [-0.25, -0.2) is 0 Å². The summed E-state index contributed by atoms with van der Waals surface area (Å²) < 4.78 is 5.85. The molecule has 196 valence electrons. The van der Waals surface area contributed by atoms with Crippen molar-refractivity contribution in [2.45, 2.75) is 57.7 Å². The second-order valence-electron chi connectivity index (χ2n) is 11.4. The third-order valence-corrected chi connectivity index (χ3v) is 8.14. The Bertz CT molecular complexity index is 1470. The molecule has 6 nitrogen and oxygen atoms in total. The number of amides is 1. The van der Waals surface area contributed by atoms with Crippen LogP contribution in [0.1, 0.15) is 56.9 Å². The smallest absolute Gasteiger partial charge is 0.235 e. The summed E-state index contributed by atoms with van der Waals surface area (Å²) in [4.78, 5) is 15.3. The molecule has 1 aromatic heterocycles. The fraction of sp³-hybridized carbons (Fsp3) is 0.375. The summed E-state index contributed by atoms with van der Waals surface area (Å²) in [7, 11) is 0. The number of benzene rings is 2. The van der Waals surface area contributed by atoms with Gasteiger partial charge < -0.3 is 10.1 Å². The van der Waals surface area contributed by atoms with Crippen molar-refractivity contribution in [2.24, 2.45) is 0 Å². The number of ether oxygens (including phenoxy) is 1. The Morgan fingerprint density at radius 2 is 1.92 bits per heavy atom. The van der Waals surface area contributed by atoms with E-state index >= 15 is 0 Å². The molecule has 1 saturated carbocycles. The van der Waals surface area contributed by atoms with Crippen LogP contribution < -0.4 is 5.32 Å². The van der Waals surface area contributed by atoms with Gasteiger partial charge in [0.1, 0.15) is 0 Å². The summed E-state index contributed by atoms with van der Waals surface area (Å²) in [5, 5.41) is 11.9. The van der Waals surface area contributed by atoms with Crippen molar-refractivity contribution in [3.8, 4) is 0 Å². The van der Waals surface area contributed by atoms with Gasteiger partial charge in [-0.2, -0.15) is 5.10 Å². The quantitative estimate of drug-likeness (QED) is 0.404. The number of H-pyrrole nitrogens is 1. The molecule has 3 aliphatic rings. The normalized spacial score (nSPS) is 27.9. The Hall–Kier alpha value is -3.48. The van der Waals surface area contributed by atoms with Crippen LogP contribution in [-0.2, 0) is 14.9 Å². The molecule has 6 heteroatoms. The van der Waals surface area contributed by atoms with Gasteiger partial charge in [0.25, 0.3) is 0 Å². The lowest BCUT2D eigenvalue weighted by atomic mass is 9.92. The van der Waals surface area contributed by atoms with Gasteiger partial charge in [0.2, 0.25) is 5.91 Å². The molecular weight excluding hydrogens is 472 g/mol. The first-order valence-corrected chi connectivity index (χ1v) is 13.6. The molecule has 2 aromatic carbocycles. The van der Waals surface area contributed by atoms with Crippen LogP contribution in [-0.4, -0.2) is 52.8 Å². The van der Waals surface area contributed by atoms with Crippen molar-refractivity contribution >= 4 is 28.6 Å². The summed E-state index contributed by atoms with van der Waals surface area (Å²) >= 11 is 0. The molecule has 38 heavy (non-hydrogen) atoms. The molecular formula is C32H36N4O2. The van der Waals surface area contributed by atoms with E-state index in [4.69, 9.17) is 4.74 Å². The number of hydrogen-bond acceptors (Lipinski definition) is 4. The number of fused-ring (bicyclic) bond motifs is 3. The molecule has 1 aliphatic carbocycles. The molecule has 1 saturated heterocycles. The van der Waals surface area contributed by atoms with E-state index in [1.165, 1.54) is 16.7 Å². The van der Waals surface area contributed by atoms with Gasteiger partial charge in [-0.05, 0) is 63.5 Å². The van der Waals surface area contributed by atoms with E-state index in [2.05, 4.69) is 96.7 Å². The van der Waals surface area contributed by atoms with Crippen LogP contribution in [0.2, 0.25) is 0 Å². The Kier molecular flexibility index (Phi) is 6.33. The highest BCUT2D eigenvalue weighted by Crippen LogP contribution is 2.64. The fourth-order valence-corrected chi connectivity index (χ4v) is 6.31. The zero-order valence-corrected chi connectivity index (χ0v) is 22.6. The number of carbonyl (C=O) groups is 1. The number of anilines is 1. The monoisotopic (exact) mass is 508 g/mol. The van der Waals surface area contributed by atoms with Gasteiger partial charge in [-0.1, -0.05) is 59.7 Å². The maximum Gasteiger partial charge on any atom is 0.235 e. The first kappa shape index (κ1) is 24.8. The van der Waals surface area contributed by atoms with E-state index in [9.17, 15) is 4.79 Å². The first-order valence-electron chi connectivity index (χ1n) is 13.6. The number of nitrogens with one attached hydrogen (secondary N) is 2. The van der Waals surface area contributed by atoms with E-state index in [1.54, 1.807) is 0 Å². The molecule has 0 radical (unpaired) electrons. The van der Waals surface area contributed by atoms with Crippen LogP contribution in [0.5, 0.6) is 0 Å². The fourth-order valence-electron chi connectivity index (χ4n) is 6.31. The van der Waals surface area contributed by atoms with Gasteiger partial charge >= 0.3 is 0 Å². The third-order valence-electron chi connectivity index (χ3n) is 8.14. The lowest BCUT2D eigenvalue weighted by molar-refractivity contribution is -0.118. The molecule has 6 rings (SSSR count). The summed E-state index contributed by atoms with van der Waals surface area (Å²) in [5.74, 6) is 0.319. The average molecular weight is 509 g/mol. The number of allylic oxidation sites excluding steroid dienone is 4. The Labute approximate surface area is 224 Å². The van der Waals surface area contributed by atoms with Gasteiger partial charge in [-0.3, -0.25) is 14.8 Å². The number of carbonyl (C=O) groups excluding carboxylic acids is 1. The molecule has 3 aromatic rings. The summed E-state index contributed by atoms with van der Waals surface area (Å²) in [5.41, 5.74) is 7.29. The second-order valence-corrected chi connectivity index (χ2v) is 11.4. The van der Waals surface area contributed by atoms with Gasteiger partial charge in [0.15, 0.2) is 0 Å². The molecule has 2 fully saturated rings. The first-order chi connectivity index (χ1) is 18.3. The van der Waals surface area contributed by atoms with Crippen molar-refractivity contribution in [3.63, 3.8) is 0 Å². The number of nitrogens with zero attached hydrogens (tertiary/aromatic N) is 2. The molecule has 0 unspecified atom stereocenters. The summed E-state index contributed by atoms with van der Waals surface area (Å²) in [6, 6.07) is 14.5. The number of morpholine rings is 1. The minimum absolute atomic E-state index is 0.123. The summed E-state index contributed by atoms with van der Waals surface area (Å²) in [6.45, 7) is 11.5. The van der Waals surface area contributed by atoms with Gasteiger partial charge in [0.05, 0.1) is 28.8 Å². The van der Waals surface area contributed by atoms with Crippen LogP contribution in [0.25, 0.3) is 17.0 Å². The zero-order valence-electron chi connectivity index (χ0n) is 22.6. The van der Waals surface area contributed by atoms with E-state index in [0.29, 0.717) is 0 Å². The topological polar surface area (TPSA) is 70.2 Å². The minimum Gasteiger partial charge on any atom is -0.373 e. The van der Waals surface area contributed by atoms with E-state index in [-0.39, 0.29) is 24.0 Å². The van der Waals surface area contributed by atoms with Crippen molar-refractivity contribution in [1.82, 2.24) is 15.1 Å². The summed E-state index contributed by atoms with van der Waals surface area (Å²) in [6.07, 6.45) is 9.99. The van der Waals surface area contributed by atoms with Gasteiger partial charge in [0, 0.05) is 36.6 Å². The third kappa shape index (κ3) is 4.52. The van der Waals surface area contributed by atoms with E-state index in [1.807, 2.05) is 18.2 Å². The molecule has 1 amide bonds. The Morgan fingerprint density at radius 1 is 1.13 bits per heavy atom. The largest absolute Gasteiger partial charge is 0.373 e. The average Bonchev–Trinajstić information content (AvgIpc) is 3.41. The van der Waals surface area contributed by atoms with Gasteiger partial charge in [-0.15, -0.1) is 0 Å². The van der Waals surface area contributed by atoms with Crippen LogP contribution in [0, 0.1) is 0 Å². The van der Waals surface area contributed by atoms with Crippen molar-refractivity contribution < 1.29 is 9.53 Å². The van der Waals surface area contributed by atoms with Crippen LogP contribution in [0.4, 0.5) is 5.69 Å². The van der Waals surface area contributed by atoms with E-state index in [0.717, 1.165) is 53.9 Å². The molecule has 4 atom stereocenters. The standard InChI is InChI=1S/C32H36N4O2/c1-20(9-10-21(2)17-36-18-22(3)38-23(4)19-36)11-14-28-25-13-12-24(15-30(25)35-34-28)27-16-32(27)26-7-5-6-8-29(26)33-31(32)37/h5-15,22-23,27H,16-19H2,1-4H3,(H,33,37)(H,34,35)/b14-11+,20-9+,21-10+/t22-,23+,27-,32-/m0/s1.